The van der Waals surface area contributed by atoms with Crippen molar-refractivity contribution < 1.29 is 9.53 Å². The van der Waals surface area contributed by atoms with Crippen molar-refractivity contribution in [2.75, 3.05) is 31.1 Å². The van der Waals surface area contributed by atoms with E-state index < -0.39 is 5.60 Å². The molecule has 0 aromatic carbocycles. The Bertz CT molecular complexity index is 525. The number of rotatable bonds is 1. The average molecular weight is 333 g/mol. The lowest BCUT2D eigenvalue weighted by atomic mass is 10.2. The molecule has 0 unspecified atom stereocenters. The van der Waals surface area contributed by atoms with E-state index in [-0.39, 0.29) is 11.4 Å². The lowest BCUT2D eigenvalue weighted by molar-refractivity contribution is 0.0240. The number of hydrogen-bond acceptors (Lipinski definition) is 5. The van der Waals surface area contributed by atoms with E-state index in [4.69, 9.17) is 27.9 Å². The first-order chi connectivity index (χ1) is 9.76. The van der Waals surface area contributed by atoms with Crippen LogP contribution in [0.25, 0.3) is 0 Å². The standard InChI is InChI=1S/C13H18Cl2N4O2/c1-13(2,3)21-12(20)19-6-4-18(5-7-19)9-8-16-11(15)17-10(9)14/h8H,4-7H2,1-3H3. The van der Waals surface area contributed by atoms with Crippen LogP contribution in [0, 0.1) is 0 Å². The van der Waals surface area contributed by atoms with Crippen molar-refractivity contribution in [3.63, 3.8) is 0 Å². The molecule has 0 N–H and O–H groups in total. The molecule has 0 spiro atoms. The van der Waals surface area contributed by atoms with E-state index in [2.05, 4.69) is 9.97 Å². The van der Waals surface area contributed by atoms with Crippen molar-refractivity contribution in [2.45, 2.75) is 26.4 Å². The smallest absolute Gasteiger partial charge is 0.410 e. The van der Waals surface area contributed by atoms with Gasteiger partial charge in [-0.3, -0.25) is 0 Å². The molecule has 116 valence electrons. The summed E-state index contributed by atoms with van der Waals surface area (Å²) in [6, 6.07) is 0. The largest absolute Gasteiger partial charge is 0.444 e. The van der Waals surface area contributed by atoms with Gasteiger partial charge in [-0.1, -0.05) is 11.6 Å². The molecule has 1 saturated heterocycles. The minimum absolute atomic E-state index is 0.121. The number of aromatic nitrogens is 2. The quantitative estimate of drug-likeness (QED) is 0.584. The second-order valence-electron chi connectivity index (χ2n) is 5.77. The third kappa shape index (κ3) is 4.35. The molecule has 6 nitrogen and oxygen atoms in total. The zero-order valence-electron chi connectivity index (χ0n) is 12.3. The van der Waals surface area contributed by atoms with E-state index in [1.54, 1.807) is 11.1 Å². The summed E-state index contributed by atoms with van der Waals surface area (Å²) in [4.78, 5) is 23.6. The first kappa shape index (κ1) is 16.1. The van der Waals surface area contributed by atoms with Gasteiger partial charge >= 0.3 is 6.09 Å². The lowest BCUT2D eigenvalue weighted by Crippen LogP contribution is -2.50. The fourth-order valence-corrected chi connectivity index (χ4v) is 2.43. The number of anilines is 1. The second-order valence-corrected chi connectivity index (χ2v) is 6.47. The molecule has 0 aliphatic carbocycles. The van der Waals surface area contributed by atoms with Crippen molar-refractivity contribution in [2.24, 2.45) is 0 Å². The van der Waals surface area contributed by atoms with Gasteiger partial charge in [-0.05, 0) is 32.4 Å². The topological polar surface area (TPSA) is 58.6 Å². The second kappa shape index (κ2) is 6.23. The number of carbonyl (C=O) groups is 1. The highest BCUT2D eigenvalue weighted by molar-refractivity contribution is 6.33. The maximum absolute atomic E-state index is 12.0. The Labute approximate surface area is 134 Å². The van der Waals surface area contributed by atoms with E-state index in [0.29, 0.717) is 31.3 Å². The van der Waals surface area contributed by atoms with Gasteiger partial charge < -0.3 is 14.5 Å². The average Bonchev–Trinajstić information content (AvgIpc) is 2.37. The molecule has 1 fully saturated rings. The molecule has 1 aliphatic rings. The van der Waals surface area contributed by atoms with Crippen molar-refractivity contribution in [1.29, 1.82) is 0 Å². The predicted octanol–water partition coefficient (Wildman–Crippen LogP) is 2.84. The summed E-state index contributed by atoms with van der Waals surface area (Å²) in [7, 11) is 0. The SMILES string of the molecule is CC(C)(C)OC(=O)N1CCN(c2cnc(Cl)nc2Cl)CC1. The monoisotopic (exact) mass is 332 g/mol. The number of nitrogens with zero attached hydrogens (tertiary/aromatic N) is 4. The highest BCUT2D eigenvalue weighted by Gasteiger charge is 2.26. The van der Waals surface area contributed by atoms with Crippen LogP contribution in [0.2, 0.25) is 10.4 Å². The number of piperazine rings is 1. The van der Waals surface area contributed by atoms with Gasteiger partial charge in [0, 0.05) is 26.2 Å². The molecule has 2 rings (SSSR count). The predicted molar refractivity (Wildman–Crippen MR) is 82.1 cm³/mol. The Morgan fingerprint density at radius 3 is 2.38 bits per heavy atom. The van der Waals surface area contributed by atoms with Crippen LogP contribution in [0.15, 0.2) is 6.20 Å². The van der Waals surface area contributed by atoms with Crippen LogP contribution in [0.1, 0.15) is 20.8 Å². The summed E-state index contributed by atoms with van der Waals surface area (Å²) < 4.78 is 5.36. The summed E-state index contributed by atoms with van der Waals surface area (Å²) >= 11 is 11.8. The zero-order valence-corrected chi connectivity index (χ0v) is 13.8. The van der Waals surface area contributed by atoms with Crippen molar-refractivity contribution in [3.05, 3.63) is 16.6 Å². The van der Waals surface area contributed by atoms with Gasteiger partial charge in [-0.25, -0.2) is 14.8 Å². The van der Waals surface area contributed by atoms with Crippen LogP contribution in [-0.4, -0.2) is 52.7 Å². The molecule has 1 aromatic rings. The molecule has 8 heteroatoms. The molecular formula is C13H18Cl2N4O2. The van der Waals surface area contributed by atoms with Crippen LogP contribution in [-0.2, 0) is 4.74 Å². The van der Waals surface area contributed by atoms with Crippen LogP contribution in [0.4, 0.5) is 10.5 Å². The number of amides is 1. The van der Waals surface area contributed by atoms with E-state index in [1.807, 2.05) is 25.7 Å². The van der Waals surface area contributed by atoms with E-state index >= 15 is 0 Å². The first-order valence-electron chi connectivity index (χ1n) is 6.67. The van der Waals surface area contributed by atoms with E-state index in [1.165, 1.54) is 0 Å². The molecule has 1 amide bonds. The summed E-state index contributed by atoms with van der Waals surface area (Å²) in [6.45, 7) is 7.97. The van der Waals surface area contributed by atoms with Crippen LogP contribution < -0.4 is 4.90 Å². The molecule has 0 bridgehead atoms. The van der Waals surface area contributed by atoms with Crippen LogP contribution >= 0.6 is 23.2 Å². The number of hydrogen-bond donors (Lipinski definition) is 0. The van der Waals surface area contributed by atoms with E-state index in [9.17, 15) is 4.79 Å². The minimum Gasteiger partial charge on any atom is -0.444 e. The Hall–Kier alpha value is -1.27. The van der Waals surface area contributed by atoms with Gasteiger partial charge in [-0.2, -0.15) is 0 Å². The first-order valence-corrected chi connectivity index (χ1v) is 7.43. The highest BCUT2D eigenvalue weighted by Crippen LogP contribution is 2.25. The van der Waals surface area contributed by atoms with Gasteiger partial charge in [0.2, 0.25) is 5.28 Å². The third-order valence-corrected chi connectivity index (χ3v) is 3.43. The summed E-state index contributed by atoms with van der Waals surface area (Å²) in [5, 5.41) is 0.442. The summed E-state index contributed by atoms with van der Waals surface area (Å²) in [5.41, 5.74) is 0.242. The van der Waals surface area contributed by atoms with Crippen LogP contribution in [0.3, 0.4) is 0 Å². The molecular weight excluding hydrogens is 315 g/mol. The third-order valence-electron chi connectivity index (χ3n) is 2.97. The van der Waals surface area contributed by atoms with Gasteiger partial charge in [0.25, 0.3) is 0 Å². The Morgan fingerprint density at radius 2 is 1.86 bits per heavy atom. The Balaban J connectivity index is 1.95. The number of halogens is 2. The normalized spacial score (nSPS) is 16.0. The van der Waals surface area contributed by atoms with Crippen molar-refractivity contribution in [3.8, 4) is 0 Å². The highest BCUT2D eigenvalue weighted by atomic mass is 35.5. The fraction of sp³-hybridized carbons (Fsp3) is 0.615. The van der Waals surface area contributed by atoms with Crippen molar-refractivity contribution in [1.82, 2.24) is 14.9 Å². The number of ether oxygens (including phenoxy) is 1. The summed E-state index contributed by atoms with van der Waals surface area (Å²) in [5.74, 6) is 0. The molecule has 0 saturated carbocycles. The van der Waals surface area contributed by atoms with Crippen LogP contribution in [0.5, 0.6) is 0 Å². The molecule has 2 heterocycles. The molecule has 1 aliphatic heterocycles. The number of carbonyl (C=O) groups excluding carboxylic acids is 1. The van der Waals surface area contributed by atoms with E-state index in [0.717, 1.165) is 5.69 Å². The summed E-state index contributed by atoms with van der Waals surface area (Å²) in [6.07, 6.45) is 1.31. The van der Waals surface area contributed by atoms with Crippen molar-refractivity contribution >= 4 is 35.0 Å². The molecule has 0 radical (unpaired) electrons. The lowest BCUT2D eigenvalue weighted by Gasteiger charge is -2.36. The van der Waals surface area contributed by atoms with Gasteiger partial charge in [0.05, 0.1) is 11.9 Å². The Kier molecular flexibility index (Phi) is 4.78. The van der Waals surface area contributed by atoms with Gasteiger partial charge in [0.1, 0.15) is 5.60 Å². The molecule has 21 heavy (non-hydrogen) atoms. The fourth-order valence-electron chi connectivity index (χ4n) is 2.00. The Morgan fingerprint density at radius 1 is 1.24 bits per heavy atom. The minimum atomic E-state index is -0.485. The molecule has 0 atom stereocenters. The zero-order chi connectivity index (χ0) is 15.6. The van der Waals surface area contributed by atoms with Gasteiger partial charge in [-0.15, -0.1) is 0 Å². The molecule has 1 aromatic heterocycles. The maximum atomic E-state index is 12.0. The maximum Gasteiger partial charge on any atom is 0.410 e. The van der Waals surface area contributed by atoms with Gasteiger partial charge in [0.15, 0.2) is 5.15 Å².